The number of aliphatic hydroxyl groups excluding tert-OH is 1. The van der Waals surface area contributed by atoms with Gasteiger partial charge >= 0.3 is 0 Å². The van der Waals surface area contributed by atoms with Crippen molar-refractivity contribution in [3.8, 4) is 0 Å². The number of aromatic nitrogens is 2. The minimum absolute atomic E-state index is 0.484. The van der Waals surface area contributed by atoms with E-state index in [4.69, 9.17) is 11.6 Å². The Morgan fingerprint density at radius 3 is 2.60 bits per heavy atom. The van der Waals surface area contributed by atoms with Crippen LogP contribution < -0.4 is 0 Å². The number of aryl methyl sites for hydroxylation is 4. The first-order valence-electron chi connectivity index (χ1n) is 6.91. The zero-order valence-corrected chi connectivity index (χ0v) is 13.2. The second-order valence-corrected chi connectivity index (χ2v) is 5.62. The Balaban J connectivity index is 2.30. The first-order chi connectivity index (χ1) is 9.43. The number of rotatable bonds is 4. The third-order valence-electron chi connectivity index (χ3n) is 3.62. The van der Waals surface area contributed by atoms with Crippen molar-refractivity contribution in [3.05, 3.63) is 51.3 Å². The van der Waals surface area contributed by atoms with Crippen molar-refractivity contribution in [2.24, 2.45) is 0 Å². The average Bonchev–Trinajstić information content (AvgIpc) is 2.66. The molecule has 0 aliphatic carbocycles. The Kier molecular flexibility index (Phi) is 4.51. The number of benzene rings is 1. The fourth-order valence-electron chi connectivity index (χ4n) is 2.56. The quantitative estimate of drug-likeness (QED) is 0.932. The van der Waals surface area contributed by atoms with Crippen LogP contribution in [0.1, 0.15) is 41.1 Å². The maximum Gasteiger partial charge on any atom is 0.0848 e. The molecule has 1 atom stereocenters. The first-order valence-corrected chi connectivity index (χ1v) is 7.28. The Hall–Kier alpha value is -1.32. The number of hydrogen-bond acceptors (Lipinski definition) is 2. The van der Waals surface area contributed by atoms with Crippen molar-refractivity contribution in [2.75, 3.05) is 0 Å². The highest BCUT2D eigenvalue weighted by atomic mass is 35.5. The molecular formula is C16H21ClN2O. The predicted molar refractivity (Wildman–Crippen MR) is 82.2 cm³/mol. The summed E-state index contributed by atoms with van der Waals surface area (Å²) in [6.07, 6.45) is -0.0771. The summed E-state index contributed by atoms with van der Waals surface area (Å²) in [6.45, 7) is 8.74. The predicted octanol–water partition coefficient (Wildman–Crippen LogP) is 3.76. The van der Waals surface area contributed by atoms with Gasteiger partial charge in [0.2, 0.25) is 0 Å². The van der Waals surface area contributed by atoms with E-state index in [2.05, 4.69) is 18.1 Å². The van der Waals surface area contributed by atoms with Gasteiger partial charge in [-0.3, -0.25) is 4.68 Å². The summed E-state index contributed by atoms with van der Waals surface area (Å²) in [4.78, 5) is 0. The highest BCUT2D eigenvalue weighted by molar-refractivity contribution is 6.31. The van der Waals surface area contributed by atoms with Crippen molar-refractivity contribution >= 4 is 11.6 Å². The van der Waals surface area contributed by atoms with Gasteiger partial charge in [0.1, 0.15) is 0 Å². The lowest BCUT2D eigenvalue weighted by molar-refractivity contribution is 0.174. The van der Waals surface area contributed by atoms with Gasteiger partial charge < -0.3 is 5.11 Å². The molecule has 0 spiro atoms. The molecule has 1 aromatic carbocycles. The van der Waals surface area contributed by atoms with Gasteiger partial charge in [-0.05, 0) is 38.8 Å². The molecule has 0 bridgehead atoms. The molecule has 3 nitrogen and oxygen atoms in total. The molecule has 0 aliphatic heterocycles. The molecule has 1 aromatic heterocycles. The molecule has 1 N–H and O–H groups in total. The molecule has 0 fully saturated rings. The van der Waals surface area contributed by atoms with E-state index in [-0.39, 0.29) is 0 Å². The van der Waals surface area contributed by atoms with E-state index < -0.39 is 6.10 Å². The Morgan fingerprint density at radius 1 is 1.30 bits per heavy atom. The fraction of sp³-hybridized carbons (Fsp3) is 0.438. The van der Waals surface area contributed by atoms with Crippen LogP contribution in [0.2, 0.25) is 5.02 Å². The van der Waals surface area contributed by atoms with Crippen LogP contribution in [0.25, 0.3) is 0 Å². The number of hydrogen-bond donors (Lipinski definition) is 1. The van der Waals surface area contributed by atoms with Gasteiger partial charge in [0.25, 0.3) is 0 Å². The lowest BCUT2D eigenvalue weighted by Crippen LogP contribution is -2.10. The Bertz CT molecular complexity index is 619. The van der Waals surface area contributed by atoms with Crippen LogP contribution in [-0.4, -0.2) is 14.9 Å². The molecule has 0 aliphatic rings. The van der Waals surface area contributed by atoms with Gasteiger partial charge in [-0.2, -0.15) is 5.10 Å². The van der Waals surface area contributed by atoms with Gasteiger partial charge in [0.15, 0.2) is 0 Å². The molecule has 108 valence electrons. The summed E-state index contributed by atoms with van der Waals surface area (Å²) in [5.74, 6) is 0. The molecule has 4 heteroatoms. The third-order valence-corrected chi connectivity index (χ3v) is 4.12. The zero-order chi connectivity index (χ0) is 14.9. The van der Waals surface area contributed by atoms with E-state index >= 15 is 0 Å². The molecular weight excluding hydrogens is 272 g/mol. The fourth-order valence-corrected chi connectivity index (χ4v) is 2.77. The van der Waals surface area contributed by atoms with Crippen molar-refractivity contribution < 1.29 is 5.11 Å². The van der Waals surface area contributed by atoms with Crippen LogP contribution >= 0.6 is 11.6 Å². The Morgan fingerprint density at radius 2 is 2.00 bits per heavy atom. The lowest BCUT2D eigenvalue weighted by atomic mass is 9.98. The van der Waals surface area contributed by atoms with Crippen LogP contribution in [0.3, 0.4) is 0 Å². The molecule has 20 heavy (non-hydrogen) atoms. The van der Waals surface area contributed by atoms with Crippen molar-refractivity contribution in [1.29, 1.82) is 0 Å². The molecule has 0 saturated heterocycles. The van der Waals surface area contributed by atoms with E-state index in [1.807, 2.05) is 37.6 Å². The second-order valence-electron chi connectivity index (χ2n) is 5.24. The molecule has 1 heterocycles. The summed E-state index contributed by atoms with van der Waals surface area (Å²) < 4.78 is 1.87. The van der Waals surface area contributed by atoms with Crippen LogP contribution in [0.5, 0.6) is 0 Å². The smallest absolute Gasteiger partial charge is 0.0848 e. The van der Waals surface area contributed by atoms with Gasteiger partial charge in [-0.25, -0.2) is 0 Å². The standard InChI is InChI=1S/C16H21ClN2O/c1-5-19-14(16(17)12(4)18-19)9-15(20)13-7-6-10(2)8-11(13)3/h6-8,15,20H,5,9H2,1-4H3. The highest BCUT2D eigenvalue weighted by Gasteiger charge is 2.18. The van der Waals surface area contributed by atoms with E-state index in [1.165, 1.54) is 5.56 Å². The highest BCUT2D eigenvalue weighted by Crippen LogP contribution is 2.27. The van der Waals surface area contributed by atoms with E-state index in [1.54, 1.807) is 0 Å². The maximum atomic E-state index is 10.5. The van der Waals surface area contributed by atoms with E-state index in [9.17, 15) is 5.11 Å². The minimum Gasteiger partial charge on any atom is -0.388 e. The Labute approximate surface area is 125 Å². The third kappa shape index (κ3) is 2.89. The average molecular weight is 293 g/mol. The van der Waals surface area contributed by atoms with Crippen LogP contribution in [0, 0.1) is 20.8 Å². The first kappa shape index (κ1) is 15.1. The van der Waals surface area contributed by atoms with Gasteiger partial charge in [-0.15, -0.1) is 0 Å². The van der Waals surface area contributed by atoms with E-state index in [0.29, 0.717) is 11.4 Å². The van der Waals surface area contributed by atoms with Gasteiger partial charge in [0, 0.05) is 13.0 Å². The second kappa shape index (κ2) is 5.98. The van der Waals surface area contributed by atoms with Crippen LogP contribution in [0.4, 0.5) is 0 Å². The molecule has 0 amide bonds. The summed E-state index contributed by atoms with van der Waals surface area (Å²) in [5, 5.41) is 15.5. The van der Waals surface area contributed by atoms with Crippen molar-refractivity contribution in [3.63, 3.8) is 0 Å². The molecule has 2 rings (SSSR count). The molecule has 1 unspecified atom stereocenters. The summed E-state index contributed by atoms with van der Waals surface area (Å²) in [7, 11) is 0. The summed E-state index contributed by atoms with van der Waals surface area (Å²) in [5.41, 5.74) is 4.97. The normalized spacial score (nSPS) is 12.7. The van der Waals surface area contributed by atoms with E-state index in [0.717, 1.165) is 29.1 Å². The zero-order valence-electron chi connectivity index (χ0n) is 12.4. The van der Waals surface area contributed by atoms with Crippen LogP contribution in [0.15, 0.2) is 18.2 Å². The van der Waals surface area contributed by atoms with Gasteiger partial charge in [0.05, 0.1) is 22.5 Å². The number of aliphatic hydroxyl groups is 1. The number of halogens is 1. The van der Waals surface area contributed by atoms with Crippen molar-refractivity contribution in [1.82, 2.24) is 9.78 Å². The van der Waals surface area contributed by atoms with Gasteiger partial charge in [-0.1, -0.05) is 35.4 Å². The molecule has 2 aromatic rings. The lowest BCUT2D eigenvalue weighted by Gasteiger charge is -2.15. The summed E-state index contributed by atoms with van der Waals surface area (Å²) >= 11 is 6.29. The molecule has 0 radical (unpaired) electrons. The monoisotopic (exact) mass is 292 g/mol. The maximum absolute atomic E-state index is 10.5. The summed E-state index contributed by atoms with van der Waals surface area (Å²) in [6, 6.07) is 6.10. The van der Waals surface area contributed by atoms with Crippen molar-refractivity contribution in [2.45, 2.75) is 46.8 Å². The minimum atomic E-state index is -0.561. The SMILES string of the molecule is CCn1nc(C)c(Cl)c1CC(O)c1ccc(C)cc1C. The number of nitrogens with zero attached hydrogens (tertiary/aromatic N) is 2. The largest absolute Gasteiger partial charge is 0.388 e. The molecule has 0 saturated carbocycles. The topological polar surface area (TPSA) is 38.0 Å². The van der Waals surface area contributed by atoms with Crippen LogP contribution in [-0.2, 0) is 13.0 Å².